The van der Waals surface area contributed by atoms with Crippen molar-refractivity contribution in [1.29, 1.82) is 0 Å². The number of benzene rings is 2. The van der Waals surface area contributed by atoms with Crippen molar-refractivity contribution in [1.82, 2.24) is 5.43 Å². The predicted molar refractivity (Wildman–Crippen MR) is 108 cm³/mol. The Hall–Kier alpha value is -2.14. The van der Waals surface area contributed by atoms with Gasteiger partial charge in [-0.05, 0) is 48.7 Å². The highest BCUT2D eigenvalue weighted by atomic mass is 79.9. The summed E-state index contributed by atoms with van der Waals surface area (Å²) in [6.45, 7) is 6.50. The molecule has 0 aliphatic carbocycles. The molecule has 0 aliphatic rings. The number of amides is 1. The van der Waals surface area contributed by atoms with E-state index in [2.05, 4.69) is 57.3 Å². The zero-order valence-corrected chi connectivity index (χ0v) is 16.3. The number of hydrogen-bond acceptors (Lipinski definition) is 3. The maximum atomic E-state index is 12.0. The Kier molecular flexibility index (Phi) is 7.67. The summed E-state index contributed by atoms with van der Waals surface area (Å²) < 4.78 is 0.864. The fourth-order valence-electron chi connectivity index (χ4n) is 2.54. The molecule has 0 radical (unpaired) electrons. The first-order valence-electron chi connectivity index (χ1n) is 8.58. The summed E-state index contributed by atoms with van der Waals surface area (Å²) in [7, 11) is 0. The maximum absolute atomic E-state index is 12.0. The van der Waals surface area contributed by atoms with Crippen LogP contribution in [0.1, 0.15) is 42.6 Å². The van der Waals surface area contributed by atoms with E-state index in [9.17, 15) is 4.79 Å². The molecule has 2 aromatic rings. The molecule has 132 valence electrons. The molecule has 0 fully saturated rings. The van der Waals surface area contributed by atoms with Crippen molar-refractivity contribution >= 4 is 33.7 Å². The van der Waals surface area contributed by atoms with Crippen molar-refractivity contribution in [2.24, 2.45) is 5.10 Å². The van der Waals surface area contributed by atoms with E-state index in [4.69, 9.17) is 0 Å². The molecule has 5 heteroatoms. The van der Waals surface area contributed by atoms with Crippen LogP contribution in [-0.2, 0) is 0 Å². The lowest BCUT2D eigenvalue weighted by Crippen LogP contribution is -2.24. The lowest BCUT2D eigenvalue weighted by molar-refractivity contribution is 0.0955. The summed E-state index contributed by atoms with van der Waals surface area (Å²) in [4.78, 5) is 14.4. The van der Waals surface area contributed by atoms with Gasteiger partial charge in [0.05, 0.1) is 6.21 Å². The Morgan fingerprint density at radius 1 is 1.12 bits per heavy atom. The summed E-state index contributed by atoms with van der Waals surface area (Å²) in [5.41, 5.74) is 5.29. The molecule has 1 N–H and O–H groups in total. The zero-order chi connectivity index (χ0) is 18.1. The molecule has 0 saturated heterocycles. The van der Waals surface area contributed by atoms with E-state index in [0.29, 0.717) is 5.56 Å². The van der Waals surface area contributed by atoms with Crippen molar-refractivity contribution in [3.8, 4) is 0 Å². The van der Waals surface area contributed by atoms with Gasteiger partial charge in [0.15, 0.2) is 0 Å². The highest BCUT2D eigenvalue weighted by molar-refractivity contribution is 9.10. The molecule has 1 amide bonds. The Labute approximate surface area is 158 Å². The zero-order valence-electron chi connectivity index (χ0n) is 14.7. The van der Waals surface area contributed by atoms with Gasteiger partial charge in [0.1, 0.15) is 0 Å². The van der Waals surface area contributed by atoms with E-state index in [1.165, 1.54) is 5.69 Å². The van der Waals surface area contributed by atoms with E-state index in [1.54, 1.807) is 18.3 Å². The third-order valence-electron chi connectivity index (χ3n) is 3.71. The molecule has 2 rings (SSSR count). The molecule has 4 nitrogen and oxygen atoms in total. The molecule has 0 saturated carbocycles. The van der Waals surface area contributed by atoms with E-state index >= 15 is 0 Å². The van der Waals surface area contributed by atoms with Crippen LogP contribution in [0.15, 0.2) is 58.1 Å². The summed E-state index contributed by atoms with van der Waals surface area (Å²) in [6, 6.07) is 15.4. The van der Waals surface area contributed by atoms with E-state index in [0.717, 1.165) is 36.0 Å². The van der Waals surface area contributed by atoms with Crippen molar-refractivity contribution in [3.05, 3.63) is 64.1 Å². The first kappa shape index (κ1) is 19.2. The number of halogens is 1. The minimum Gasteiger partial charge on any atom is -0.372 e. The highest BCUT2D eigenvalue weighted by Crippen LogP contribution is 2.15. The Balaban J connectivity index is 1.96. The van der Waals surface area contributed by atoms with Crippen LogP contribution in [0.5, 0.6) is 0 Å². The predicted octanol–water partition coefficient (Wildman–Crippen LogP) is 4.84. The molecule has 0 aromatic heterocycles. The smallest absolute Gasteiger partial charge is 0.271 e. The minimum atomic E-state index is -0.230. The molecule has 0 unspecified atom stereocenters. The molecule has 0 atom stereocenters. The third-order valence-corrected chi connectivity index (χ3v) is 4.21. The van der Waals surface area contributed by atoms with Gasteiger partial charge in [-0.25, -0.2) is 5.43 Å². The average molecular weight is 402 g/mol. The quantitative estimate of drug-likeness (QED) is 0.507. The van der Waals surface area contributed by atoms with Crippen LogP contribution < -0.4 is 10.3 Å². The molecule has 25 heavy (non-hydrogen) atoms. The molecule has 0 heterocycles. The van der Waals surface area contributed by atoms with Gasteiger partial charge >= 0.3 is 0 Å². The average Bonchev–Trinajstić information content (AvgIpc) is 2.62. The second-order valence-corrected chi connectivity index (χ2v) is 6.70. The van der Waals surface area contributed by atoms with Crippen LogP contribution in [0.3, 0.4) is 0 Å². The van der Waals surface area contributed by atoms with Crippen LogP contribution in [-0.4, -0.2) is 25.2 Å². The number of carbonyl (C=O) groups is 1. The van der Waals surface area contributed by atoms with Gasteiger partial charge in [-0.15, -0.1) is 0 Å². The van der Waals surface area contributed by atoms with Crippen LogP contribution in [0.25, 0.3) is 0 Å². The minimum absolute atomic E-state index is 0.230. The summed E-state index contributed by atoms with van der Waals surface area (Å²) >= 11 is 3.35. The number of anilines is 1. The van der Waals surface area contributed by atoms with Gasteiger partial charge in [-0.3, -0.25) is 4.79 Å². The molecular formula is C20H24BrN3O. The molecule has 0 bridgehead atoms. The van der Waals surface area contributed by atoms with Gasteiger partial charge in [0.2, 0.25) is 0 Å². The van der Waals surface area contributed by atoms with Crippen molar-refractivity contribution in [2.75, 3.05) is 18.0 Å². The van der Waals surface area contributed by atoms with Gasteiger partial charge in [-0.1, -0.05) is 48.0 Å². The Morgan fingerprint density at radius 3 is 2.40 bits per heavy atom. The van der Waals surface area contributed by atoms with Crippen molar-refractivity contribution in [3.63, 3.8) is 0 Å². The number of hydrogen-bond donors (Lipinski definition) is 1. The number of hydrazone groups is 1. The normalized spacial score (nSPS) is 10.8. The van der Waals surface area contributed by atoms with E-state index < -0.39 is 0 Å². The summed E-state index contributed by atoms with van der Waals surface area (Å²) in [5, 5.41) is 4.04. The second kappa shape index (κ2) is 9.99. The fourth-order valence-corrected chi connectivity index (χ4v) is 2.94. The standard InChI is InChI=1S/C20H24BrN3O/c1-3-12-24(13-4-2)19-10-8-16(9-11-19)15-22-23-20(25)17-6-5-7-18(21)14-17/h5-11,14-15H,3-4,12-13H2,1-2H3,(H,23,25)/b22-15+. The first-order chi connectivity index (χ1) is 12.1. The molecule has 0 aliphatic heterocycles. The Morgan fingerprint density at radius 2 is 1.80 bits per heavy atom. The lowest BCUT2D eigenvalue weighted by Gasteiger charge is -2.23. The van der Waals surface area contributed by atoms with Gasteiger partial charge in [0, 0.05) is 28.8 Å². The maximum Gasteiger partial charge on any atom is 0.271 e. The number of nitrogens with one attached hydrogen (secondary N) is 1. The number of carbonyl (C=O) groups excluding carboxylic acids is 1. The molecule has 2 aromatic carbocycles. The van der Waals surface area contributed by atoms with Crippen molar-refractivity contribution < 1.29 is 4.79 Å². The second-order valence-electron chi connectivity index (χ2n) is 5.79. The van der Waals surface area contributed by atoms with Crippen molar-refractivity contribution in [2.45, 2.75) is 26.7 Å². The van der Waals surface area contributed by atoms with Crippen LogP contribution in [0, 0.1) is 0 Å². The third kappa shape index (κ3) is 6.02. The van der Waals surface area contributed by atoms with Crippen LogP contribution in [0.4, 0.5) is 5.69 Å². The first-order valence-corrected chi connectivity index (χ1v) is 9.37. The molecular weight excluding hydrogens is 378 g/mol. The number of rotatable bonds is 8. The summed E-state index contributed by atoms with van der Waals surface area (Å²) in [6.07, 6.45) is 3.92. The van der Waals surface area contributed by atoms with Gasteiger partial charge in [0.25, 0.3) is 5.91 Å². The highest BCUT2D eigenvalue weighted by Gasteiger charge is 2.05. The number of nitrogens with zero attached hydrogens (tertiary/aromatic N) is 2. The molecule has 0 spiro atoms. The monoisotopic (exact) mass is 401 g/mol. The van der Waals surface area contributed by atoms with Crippen LogP contribution in [0.2, 0.25) is 0 Å². The Bertz CT molecular complexity index is 707. The van der Waals surface area contributed by atoms with Gasteiger partial charge in [-0.2, -0.15) is 5.10 Å². The summed E-state index contributed by atoms with van der Waals surface area (Å²) in [5.74, 6) is -0.230. The van der Waals surface area contributed by atoms with Gasteiger partial charge < -0.3 is 4.90 Å². The van der Waals surface area contributed by atoms with Crippen LogP contribution >= 0.6 is 15.9 Å². The topological polar surface area (TPSA) is 44.7 Å². The fraction of sp³-hybridized carbons (Fsp3) is 0.300. The van der Waals surface area contributed by atoms with E-state index in [1.807, 2.05) is 24.3 Å². The van der Waals surface area contributed by atoms with E-state index in [-0.39, 0.29) is 5.91 Å². The largest absolute Gasteiger partial charge is 0.372 e. The SMILES string of the molecule is CCCN(CCC)c1ccc(/C=N/NC(=O)c2cccc(Br)c2)cc1. The lowest BCUT2D eigenvalue weighted by atomic mass is 10.2.